The van der Waals surface area contributed by atoms with Gasteiger partial charge in [0.1, 0.15) is 5.82 Å². The Morgan fingerprint density at radius 1 is 1.56 bits per heavy atom. The minimum atomic E-state index is -1.03. The Morgan fingerprint density at radius 3 is 2.50 bits per heavy atom. The number of hydrogen-bond donors (Lipinski definition) is 3. The van der Waals surface area contributed by atoms with E-state index in [1.165, 1.54) is 0 Å². The van der Waals surface area contributed by atoms with Gasteiger partial charge >= 0.3 is 5.97 Å². The largest absolute Gasteiger partial charge is 0.477 e. The summed E-state index contributed by atoms with van der Waals surface area (Å²) in [5, 5.41) is 8.87. The lowest BCUT2D eigenvalue weighted by atomic mass is 10.1. The molecular weight excluding hydrogens is 253 g/mol. The number of pyridine rings is 1. The Balaban J connectivity index is 0. The fourth-order valence-corrected chi connectivity index (χ4v) is 1.31. The molecule has 0 saturated carbocycles. The Labute approximate surface area is 106 Å². The van der Waals surface area contributed by atoms with Gasteiger partial charge in [-0.1, -0.05) is 6.92 Å². The molecule has 0 unspecified atom stereocenters. The Kier molecular flexibility index (Phi) is 7.89. The van der Waals surface area contributed by atoms with Crippen LogP contribution in [0.5, 0.6) is 0 Å². The van der Waals surface area contributed by atoms with Crippen molar-refractivity contribution in [3.8, 4) is 0 Å². The number of aromatic carboxylic acids is 1. The standard InChI is InChI=1S/C9H13N3O2.2ClH/c1-3-6-4-7(12-10)11-8(5(6)2)9(13)14;;/h4H,3,10H2,1-2H3,(H,11,12)(H,13,14);2*1H. The second kappa shape index (κ2) is 7.27. The number of nitrogens with zero attached hydrogens (tertiary/aromatic N) is 1. The third kappa shape index (κ3) is 3.52. The van der Waals surface area contributed by atoms with Crippen molar-refractivity contribution in [1.82, 2.24) is 4.98 Å². The van der Waals surface area contributed by atoms with Crippen molar-refractivity contribution in [3.05, 3.63) is 22.9 Å². The smallest absolute Gasteiger partial charge is 0.354 e. The molecule has 0 aliphatic carbocycles. The first-order chi connectivity index (χ1) is 6.60. The molecule has 4 N–H and O–H groups in total. The zero-order chi connectivity index (χ0) is 10.7. The predicted molar refractivity (Wildman–Crippen MR) is 67.6 cm³/mol. The monoisotopic (exact) mass is 267 g/mol. The average Bonchev–Trinajstić information content (AvgIpc) is 2.17. The number of anilines is 1. The highest BCUT2D eigenvalue weighted by atomic mass is 35.5. The molecule has 1 rings (SSSR count). The molecule has 0 radical (unpaired) electrons. The van der Waals surface area contributed by atoms with Crippen molar-refractivity contribution in [1.29, 1.82) is 0 Å². The summed E-state index contributed by atoms with van der Waals surface area (Å²) in [5.41, 5.74) is 4.03. The van der Waals surface area contributed by atoms with Gasteiger partial charge in [0.05, 0.1) is 0 Å². The number of carboxylic acids is 1. The summed E-state index contributed by atoms with van der Waals surface area (Å²) in [7, 11) is 0. The van der Waals surface area contributed by atoms with Gasteiger partial charge in [-0.2, -0.15) is 0 Å². The lowest BCUT2D eigenvalue weighted by Gasteiger charge is -2.08. The van der Waals surface area contributed by atoms with Crippen LogP contribution in [0.1, 0.15) is 28.5 Å². The molecule has 0 fully saturated rings. The van der Waals surface area contributed by atoms with E-state index in [0.717, 1.165) is 12.0 Å². The van der Waals surface area contributed by atoms with Crippen molar-refractivity contribution >= 4 is 36.6 Å². The Hall–Kier alpha value is -1.04. The first kappa shape index (κ1) is 17.4. The number of hydrogen-bond acceptors (Lipinski definition) is 4. The summed E-state index contributed by atoms with van der Waals surface area (Å²) < 4.78 is 0. The molecule has 1 aromatic rings. The number of carboxylic acid groups (broad SMARTS) is 1. The number of nitrogen functional groups attached to an aromatic ring is 1. The normalized spacial score (nSPS) is 8.69. The van der Waals surface area contributed by atoms with Gasteiger partial charge < -0.3 is 10.5 Å². The summed E-state index contributed by atoms with van der Waals surface area (Å²) in [4.78, 5) is 14.7. The lowest BCUT2D eigenvalue weighted by molar-refractivity contribution is 0.0689. The molecular formula is C9H15Cl2N3O2. The molecule has 0 aliphatic heterocycles. The van der Waals surface area contributed by atoms with Crippen molar-refractivity contribution in [2.24, 2.45) is 5.84 Å². The second-order valence-corrected chi connectivity index (χ2v) is 2.94. The van der Waals surface area contributed by atoms with Crippen LogP contribution in [-0.2, 0) is 6.42 Å². The SMILES string of the molecule is CCc1cc(NN)nc(C(=O)O)c1C.Cl.Cl. The zero-order valence-electron chi connectivity index (χ0n) is 8.98. The van der Waals surface area contributed by atoms with Crippen molar-refractivity contribution in [2.75, 3.05) is 5.43 Å². The van der Waals surface area contributed by atoms with E-state index in [2.05, 4.69) is 10.4 Å². The summed E-state index contributed by atoms with van der Waals surface area (Å²) in [6.45, 7) is 3.70. The van der Waals surface area contributed by atoms with E-state index in [4.69, 9.17) is 10.9 Å². The van der Waals surface area contributed by atoms with Gasteiger partial charge in [0.15, 0.2) is 5.69 Å². The minimum absolute atomic E-state index is 0. The van der Waals surface area contributed by atoms with E-state index in [9.17, 15) is 4.79 Å². The van der Waals surface area contributed by atoms with Gasteiger partial charge in [-0.15, -0.1) is 24.8 Å². The van der Waals surface area contributed by atoms with E-state index in [-0.39, 0.29) is 30.5 Å². The van der Waals surface area contributed by atoms with Crippen molar-refractivity contribution in [2.45, 2.75) is 20.3 Å². The van der Waals surface area contributed by atoms with Gasteiger partial charge in [-0.3, -0.25) is 0 Å². The van der Waals surface area contributed by atoms with Gasteiger partial charge in [-0.25, -0.2) is 15.6 Å². The number of aryl methyl sites for hydroxylation is 1. The molecule has 1 heterocycles. The number of halogens is 2. The predicted octanol–water partition coefficient (Wildman–Crippen LogP) is 1.78. The molecule has 0 aliphatic rings. The lowest BCUT2D eigenvalue weighted by Crippen LogP contribution is -2.13. The summed E-state index contributed by atoms with van der Waals surface area (Å²) in [5.74, 6) is 4.53. The number of nitrogens with one attached hydrogen (secondary N) is 1. The highest BCUT2D eigenvalue weighted by Crippen LogP contribution is 2.16. The number of carbonyl (C=O) groups is 1. The molecule has 1 aromatic heterocycles. The van der Waals surface area contributed by atoms with Gasteiger partial charge in [-0.05, 0) is 30.5 Å². The molecule has 0 amide bonds. The third-order valence-corrected chi connectivity index (χ3v) is 2.11. The average molecular weight is 268 g/mol. The van der Waals surface area contributed by atoms with E-state index >= 15 is 0 Å². The molecule has 0 spiro atoms. The van der Waals surface area contributed by atoms with Crippen LogP contribution in [0.25, 0.3) is 0 Å². The highest BCUT2D eigenvalue weighted by Gasteiger charge is 2.13. The second-order valence-electron chi connectivity index (χ2n) is 2.94. The first-order valence-corrected chi connectivity index (χ1v) is 4.30. The van der Waals surface area contributed by atoms with Gasteiger partial charge in [0, 0.05) is 0 Å². The Bertz CT molecular complexity index is 372. The first-order valence-electron chi connectivity index (χ1n) is 4.30. The van der Waals surface area contributed by atoms with Crippen LogP contribution in [0.4, 0.5) is 5.82 Å². The van der Waals surface area contributed by atoms with Crippen molar-refractivity contribution in [3.63, 3.8) is 0 Å². The zero-order valence-corrected chi connectivity index (χ0v) is 10.6. The van der Waals surface area contributed by atoms with Crippen LogP contribution in [0.3, 0.4) is 0 Å². The molecule has 0 bridgehead atoms. The maximum Gasteiger partial charge on any atom is 0.354 e. The summed E-state index contributed by atoms with van der Waals surface area (Å²) in [6.07, 6.45) is 0.753. The fraction of sp³-hybridized carbons (Fsp3) is 0.333. The number of aromatic nitrogens is 1. The molecule has 92 valence electrons. The molecule has 0 saturated heterocycles. The maximum atomic E-state index is 10.8. The van der Waals surface area contributed by atoms with E-state index < -0.39 is 5.97 Å². The van der Waals surface area contributed by atoms with Crippen LogP contribution in [-0.4, -0.2) is 16.1 Å². The minimum Gasteiger partial charge on any atom is -0.477 e. The highest BCUT2D eigenvalue weighted by molar-refractivity contribution is 5.88. The van der Waals surface area contributed by atoms with E-state index in [1.54, 1.807) is 13.0 Å². The number of nitrogens with two attached hydrogens (primary N) is 1. The van der Waals surface area contributed by atoms with Crippen LogP contribution in [0.2, 0.25) is 0 Å². The van der Waals surface area contributed by atoms with Crippen LogP contribution in [0, 0.1) is 6.92 Å². The van der Waals surface area contributed by atoms with E-state index in [0.29, 0.717) is 11.4 Å². The van der Waals surface area contributed by atoms with Crippen molar-refractivity contribution < 1.29 is 9.90 Å². The topological polar surface area (TPSA) is 88.2 Å². The molecule has 7 heteroatoms. The molecule has 16 heavy (non-hydrogen) atoms. The van der Waals surface area contributed by atoms with Crippen LogP contribution < -0.4 is 11.3 Å². The molecule has 0 atom stereocenters. The van der Waals surface area contributed by atoms with Crippen LogP contribution in [0.15, 0.2) is 6.07 Å². The summed E-state index contributed by atoms with van der Waals surface area (Å²) >= 11 is 0. The van der Waals surface area contributed by atoms with Gasteiger partial charge in [0.25, 0.3) is 0 Å². The van der Waals surface area contributed by atoms with E-state index in [1.807, 2.05) is 6.92 Å². The maximum absolute atomic E-state index is 10.8. The molecule has 5 nitrogen and oxygen atoms in total. The molecule has 0 aromatic carbocycles. The number of hydrazine groups is 1. The summed E-state index contributed by atoms with van der Waals surface area (Å²) in [6, 6.07) is 1.75. The third-order valence-electron chi connectivity index (χ3n) is 2.11. The van der Waals surface area contributed by atoms with Crippen LogP contribution >= 0.6 is 24.8 Å². The quantitative estimate of drug-likeness (QED) is 0.574. The van der Waals surface area contributed by atoms with Gasteiger partial charge in [0.2, 0.25) is 0 Å². The number of rotatable bonds is 3. The Morgan fingerprint density at radius 2 is 2.12 bits per heavy atom. The fourth-order valence-electron chi connectivity index (χ4n) is 1.31.